The van der Waals surface area contributed by atoms with E-state index in [1.165, 1.54) is 6.33 Å². The van der Waals surface area contributed by atoms with Gasteiger partial charge in [0.1, 0.15) is 12.2 Å². The molecule has 0 aliphatic heterocycles. The van der Waals surface area contributed by atoms with Gasteiger partial charge in [0.2, 0.25) is 0 Å². The first-order valence-corrected chi connectivity index (χ1v) is 5.35. The fourth-order valence-corrected chi connectivity index (χ4v) is 1.64. The third-order valence-corrected chi connectivity index (χ3v) is 2.78. The van der Waals surface area contributed by atoms with Crippen LogP contribution in [0.5, 0.6) is 0 Å². The Balaban J connectivity index is 2.50. The molecule has 1 aromatic heterocycles. The molecule has 0 fully saturated rings. The molecule has 5 heteroatoms. The van der Waals surface area contributed by atoms with E-state index in [4.69, 9.17) is 23.2 Å². The van der Waals surface area contributed by atoms with Crippen molar-refractivity contribution in [3.05, 3.63) is 40.9 Å². The van der Waals surface area contributed by atoms with Gasteiger partial charge in [0, 0.05) is 5.02 Å². The average molecular weight is 242 g/mol. The summed E-state index contributed by atoms with van der Waals surface area (Å²) in [6.45, 7) is 1.95. The number of hydrogen-bond donors (Lipinski definition) is 0. The molecule has 0 saturated heterocycles. The summed E-state index contributed by atoms with van der Waals surface area (Å²) < 4.78 is 1.68. The van der Waals surface area contributed by atoms with Crippen molar-refractivity contribution in [1.29, 1.82) is 0 Å². The minimum atomic E-state index is 0.325. The van der Waals surface area contributed by atoms with Gasteiger partial charge in [0.05, 0.1) is 11.6 Å². The lowest BCUT2D eigenvalue weighted by Gasteiger charge is -2.05. The van der Waals surface area contributed by atoms with Gasteiger partial charge in [-0.15, -0.1) is 11.6 Å². The van der Waals surface area contributed by atoms with Gasteiger partial charge in [-0.05, 0) is 24.6 Å². The van der Waals surface area contributed by atoms with Gasteiger partial charge in [-0.1, -0.05) is 17.7 Å². The topological polar surface area (TPSA) is 30.7 Å². The van der Waals surface area contributed by atoms with Crippen molar-refractivity contribution < 1.29 is 0 Å². The second-order valence-corrected chi connectivity index (χ2v) is 3.83. The molecule has 1 aromatic carbocycles. The minimum absolute atomic E-state index is 0.325. The van der Waals surface area contributed by atoms with Crippen LogP contribution in [0.2, 0.25) is 5.02 Å². The van der Waals surface area contributed by atoms with E-state index in [1.807, 2.05) is 25.1 Å². The number of aryl methyl sites for hydroxylation is 1. The second-order valence-electron chi connectivity index (χ2n) is 3.16. The largest absolute Gasteiger partial charge is 0.218 e. The van der Waals surface area contributed by atoms with Crippen LogP contribution in [-0.2, 0) is 5.88 Å². The van der Waals surface area contributed by atoms with Crippen molar-refractivity contribution in [2.24, 2.45) is 0 Å². The molecule has 0 unspecified atom stereocenters. The quantitative estimate of drug-likeness (QED) is 0.758. The first-order valence-electron chi connectivity index (χ1n) is 4.44. The van der Waals surface area contributed by atoms with E-state index in [9.17, 15) is 0 Å². The summed E-state index contributed by atoms with van der Waals surface area (Å²) in [6, 6.07) is 5.73. The highest BCUT2D eigenvalue weighted by atomic mass is 35.5. The molecule has 0 spiro atoms. The number of rotatable bonds is 2. The minimum Gasteiger partial charge on any atom is -0.218 e. The highest BCUT2D eigenvalue weighted by Gasteiger charge is 2.06. The summed E-state index contributed by atoms with van der Waals surface area (Å²) in [5.74, 6) is 1.03. The van der Waals surface area contributed by atoms with Crippen molar-refractivity contribution in [2.45, 2.75) is 12.8 Å². The van der Waals surface area contributed by atoms with Crippen molar-refractivity contribution >= 4 is 23.2 Å². The van der Waals surface area contributed by atoms with Gasteiger partial charge >= 0.3 is 0 Å². The van der Waals surface area contributed by atoms with Crippen LogP contribution >= 0.6 is 23.2 Å². The summed E-state index contributed by atoms with van der Waals surface area (Å²) in [4.78, 5) is 4.04. The van der Waals surface area contributed by atoms with Gasteiger partial charge < -0.3 is 0 Å². The van der Waals surface area contributed by atoms with Crippen LogP contribution in [0.25, 0.3) is 5.69 Å². The number of halogens is 2. The predicted molar refractivity (Wildman–Crippen MR) is 60.7 cm³/mol. The number of alkyl halides is 1. The Morgan fingerprint density at radius 3 is 2.87 bits per heavy atom. The number of hydrogen-bond acceptors (Lipinski definition) is 2. The van der Waals surface area contributed by atoms with Gasteiger partial charge in [-0.25, -0.2) is 9.67 Å². The van der Waals surface area contributed by atoms with Gasteiger partial charge in [-0.2, -0.15) is 5.10 Å². The molecular formula is C10H9Cl2N3. The number of aromatic nitrogens is 3. The second kappa shape index (κ2) is 4.21. The van der Waals surface area contributed by atoms with Crippen LogP contribution in [-0.4, -0.2) is 14.8 Å². The summed E-state index contributed by atoms with van der Waals surface area (Å²) in [5.41, 5.74) is 1.91. The number of benzene rings is 1. The van der Waals surface area contributed by atoms with Gasteiger partial charge in [-0.3, -0.25) is 0 Å². The molecule has 2 aromatic rings. The number of nitrogens with zero attached hydrogens (tertiary/aromatic N) is 3. The maximum atomic E-state index is 6.03. The maximum absolute atomic E-state index is 6.03. The molecule has 0 aliphatic rings. The normalized spacial score (nSPS) is 10.6. The zero-order valence-corrected chi connectivity index (χ0v) is 9.63. The maximum Gasteiger partial charge on any atom is 0.147 e. The van der Waals surface area contributed by atoms with Crippen molar-refractivity contribution in [3.8, 4) is 5.69 Å². The fourth-order valence-electron chi connectivity index (χ4n) is 1.29. The molecule has 3 nitrogen and oxygen atoms in total. The van der Waals surface area contributed by atoms with E-state index in [-0.39, 0.29) is 0 Å². The molecular weight excluding hydrogens is 233 g/mol. The van der Waals surface area contributed by atoms with E-state index in [0.29, 0.717) is 16.7 Å². The molecule has 0 amide bonds. The third-order valence-electron chi connectivity index (χ3n) is 2.14. The Hall–Kier alpha value is -1.06. The Labute approximate surface area is 97.7 Å². The predicted octanol–water partition coefficient (Wildman–Crippen LogP) is 2.97. The molecule has 0 bridgehead atoms. The Morgan fingerprint density at radius 2 is 2.20 bits per heavy atom. The Bertz CT molecular complexity index is 479. The highest BCUT2D eigenvalue weighted by Crippen LogP contribution is 2.19. The van der Waals surface area contributed by atoms with E-state index < -0.39 is 0 Å². The summed E-state index contributed by atoms with van der Waals surface area (Å²) in [7, 11) is 0. The van der Waals surface area contributed by atoms with Crippen LogP contribution in [0.15, 0.2) is 24.5 Å². The Morgan fingerprint density at radius 1 is 1.40 bits per heavy atom. The van der Waals surface area contributed by atoms with Crippen LogP contribution in [0, 0.1) is 6.92 Å². The molecule has 0 radical (unpaired) electrons. The first-order chi connectivity index (χ1) is 7.22. The van der Waals surface area contributed by atoms with Crippen molar-refractivity contribution in [3.63, 3.8) is 0 Å². The van der Waals surface area contributed by atoms with E-state index in [0.717, 1.165) is 11.3 Å². The third kappa shape index (κ3) is 1.98. The van der Waals surface area contributed by atoms with Crippen LogP contribution in [0.3, 0.4) is 0 Å². The lowest BCUT2D eigenvalue weighted by Crippen LogP contribution is -2.01. The summed E-state index contributed by atoms with van der Waals surface area (Å²) >= 11 is 11.8. The van der Waals surface area contributed by atoms with Gasteiger partial charge in [0.25, 0.3) is 0 Å². The SMILES string of the molecule is Cc1ccc(-n2ncnc2CCl)cc1Cl. The lowest BCUT2D eigenvalue weighted by atomic mass is 10.2. The van der Waals surface area contributed by atoms with Crippen LogP contribution in [0.4, 0.5) is 0 Å². The van der Waals surface area contributed by atoms with Crippen LogP contribution < -0.4 is 0 Å². The highest BCUT2D eigenvalue weighted by molar-refractivity contribution is 6.31. The van der Waals surface area contributed by atoms with E-state index in [1.54, 1.807) is 4.68 Å². The van der Waals surface area contributed by atoms with Crippen LogP contribution in [0.1, 0.15) is 11.4 Å². The molecule has 0 N–H and O–H groups in total. The molecule has 15 heavy (non-hydrogen) atoms. The van der Waals surface area contributed by atoms with Crippen molar-refractivity contribution in [2.75, 3.05) is 0 Å². The molecule has 0 atom stereocenters. The summed E-state index contributed by atoms with van der Waals surface area (Å²) in [6.07, 6.45) is 1.48. The molecule has 78 valence electrons. The van der Waals surface area contributed by atoms with Gasteiger partial charge in [0.15, 0.2) is 0 Å². The molecule has 2 rings (SSSR count). The zero-order chi connectivity index (χ0) is 10.8. The average Bonchev–Trinajstić information content (AvgIpc) is 2.70. The van der Waals surface area contributed by atoms with E-state index in [2.05, 4.69) is 10.1 Å². The fraction of sp³-hybridized carbons (Fsp3) is 0.200. The smallest absolute Gasteiger partial charge is 0.147 e. The molecule has 0 saturated carbocycles. The monoisotopic (exact) mass is 241 g/mol. The standard InChI is InChI=1S/C10H9Cl2N3/c1-7-2-3-8(4-9(7)12)15-10(5-11)13-6-14-15/h2-4,6H,5H2,1H3. The first kappa shape index (κ1) is 10.5. The zero-order valence-electron chi connectivity index (χ0n) is 8.11. The Kier molecular flexibility index (Phi) is 2.93. The summed E-state index contributed by atoms with van der Waals surface area (Å²) in [5, 5.41) is 4.80. The van der Waals surface area contributed by atoms with Crippen molar-refractivity contribution in [1.82, 2.24) is 14.8 Å². The lowest BCUT2D eigenvalue weighted by molar-refractivity contribution is 0.832. The van der Waals surface area contributed by atoms with E-state index >= 15 is 0 Å². The molecule has 0 aliphatic carbocycles. The molecule has 1 heterocycles.